The third-order valence-electron chi connectivity index (χ3n) is 5.21. The number of nitriles is 1. The number of rotatable bonds is 8. The standard InChI is InChI=1S/C22H34N4O2S/c1-5-10-26-11-8-22(16-23,9-12-26)25-20(28)18(15-21(2,3)4)24-19(27)14-17-7-6-13-29-17/h6-7,13,18H,5,8-12,14-15H2,1-4H3,(H,24,27)(H,25,28). The van der Waals surface area contributed by atoms with E-state index in [1.165, 1.54) is 11.3 Å². The monoisotopic (exact) mass is 418 g/mol. The molecule has 1 aromatic heterocycles. The molecule has 0 saturated carbocycles. The predicted octanol–water partition coefficient (Wildman–Crippen LogP) is 3.10. The minimum Gasteiger partial charge on any atom is -0.344 e. The molecule has 1 unspecified atom stereocenters. The molecule has 0 aromatic carbocycles. The van der Waals surface area contributed by atoms with Crippen LogP contribution in [0, 0.1) is 16.7 Å². The molecule has 0 radical (unpaired) electrons. The van der Waals surface area contributed by atoms with E-state index in [4.69, 9.17) is 0 Å². The zero-order valence-electron chi connectivity index (χ0n) is 18.1. The van der Waals surface area contributed by atoms with E-state index in [0.29, 0.717) is 19.3 Å². The summed E-state index contributed by atoms with van der Waals surface area (Å²) in [5.74, 6) is -0.425. The van der Waals surface area contributed by atoms with Gasteiger partial charge >= 0.3 is 0 Å². The first-order valence-corrected chi connectivity index (χ1v) is 11.3. The van der Waals surface area contributed by atoms with Gasteiger partial charge in [-0.25, -0.2) is 0 Å². The SMILES string of the molecule is CCCN1CCC(C#N)(NC(=O)C(CC(C)(C)C)NC(=O)Cc2cccs2)CC1. The molecule has 1 aliphatic rings. The lowest BCUT2D eigenvalue weighted by atomic mass is 9.85. The zero-order valence-corrected chi connectivity index (χ0v) is 18.9. The summed E-state index contributed by atoms with van der Waals surface area (Å²) >= 11 is 1.53. The third-order valence-corrected chi connectivity index (χ3v) is 6.09. The van der Waals surface area contributed by atoms with Crippen LogP contribution < -0.4 is 10.6 Å². The molecule has 160 valence electrons. The fourth-order valence-electron chi connectivity index (χ4n) is 3.70. The lowest BCUT2D eigenvalue weighted by Crippen LogP contribution is -2.59. The number of hydrogen-bond donors (Lipinski definition) is 2. The maximum absolute atomic E-state index is 13.1. The lowest BCUT2D eigenvalue weighted by Gasteiger charge is -2.38. The number of carbonyl (C=O) groups is 2. The molecule has 2 heterocycles. The van der Waals surface area contributed by atoms with Crippen LogP contribution in [-0.2, 0) is 16.0 Å². The number of piperidine rings is 1. The maximum Gasteiger partial charge on any atom is 0.243 e. The molecular formula is C22H34N4O2S. The Morgan fingerprint density at radius 2 is 2.03 bits per heavy atom. The first-order valence-electron chi connectivity index (χ1n) is 10.4. The van der Waals surface area contributed by atoms with Crippen molar-refractivity contribution in [3.8, 4) is 6.07 Å². The molecule has 1 aromatic rings. The lowest BCUT2D eigenvalue weighted by molar-refractivity contribution is -0.130. The Labute approximate surface area is 178 Å². The summed E-state index contributed by atoms with van der Waals surface area (Å²) in [7, 11) is 0. The van der Waals surface area contributed by atoms with Gasteiger partial charge in [-0.1, -0.05) is 33.8 Å². The fraction of sp³-hybridized carbons (Fsp3) is 0.682. The van der Waals surface area contributed by atoms with Crippen LogP contribution in [0.3, 0.4) is 0 Å². The molecule has 29 heavy (non-hydrogen) atoms. The molecule has 7 heteroatoms. The van der Waals surface area contributed by atoms with E-state index in [9.17, 15) is 14.9 Å². The van der Waals surface area contributed by atoms with Gasteiger partial charge in [-0.3, -0.25) is 9.59 Å². The minimum atomic E-state index is -0.851. The topological polar surface area (TPSA) is 85.2 Å². The van der Waals surface area contributed by atoms with Crippen LogP contribution >= 0.6 is 11.3 Å². The van der Waals surface area contributed by atoms with Gasteiger partial charge < -0.3 is 15.5 Å². The molecule has 2 rings (SSSR count). The van der Waals surface area contributed by atoms with Gasteiger partial charge in [0.25, 0.3) is 0 Å². The summed E-state index contributed by atoms with van der Waals surface area (Å²) in [5.41, 5.74) is -0.988. The summed E-state index contributed by atoms with van der Waals surface area (Å²) in [5, 5.41) is 17.6. The molecule has 1 atom stereocenters. The van der Waals surface area contributed by atoms with Crippen molar-refractivity contribution >= 4 is 23.2 Å². The molecule has 1 saturated heterocycles. The van der Waals surface area contributed by atoms with Crippen LogP contribution in [0.5, 0.6) is 0 Å². The second-order valence-corrected chi connectivity index (χ2v) is 10.2. The summed E-state index contributed by atoms with van der Waals surface area (Å²) in [6.45, 7) is 10.9. The van der Waals surface area contributed by atoms with Crippen molar-refractivity contribution in [3.05, 3.63) is 22.4 Å². The Balaban J connectivity index is 2.04. The number of carbonyl (C=O) groups excluding carboxylic acids is 2. The second kappa shape index (κ2) is 10.2. The van der Waals surface area contributed by atoms with Crippen LogP contribution in [0.25, 0.3) is 0 Å². The van der Waals surface area contributed by atoms with Gasteiger partial charge in [-0.15, -0.1) is 11.3 Å². The Kier molecular flexibility index (Phi) is 8.23. The minimum absolute atomic E-state index is 0.136. The predicted molar refractivity (Wildman–Crippen MR) is 116 cm³/mol. The van der Waals surface area contributed by atoms with E-state index in [0.717, 1.165) is 30.9 Å². The van der Waals surface area contributed by atoms with E-state index in [1.54, 1.807) is 0 Å². The molecule has 0 spiro atoms. The quantitative estimate of drug-likeness (QED) is 0.679. The number of nitrogens with zero attached hydrogens (tertiary/aromatic N) is 2. The smallest absolute Gasteiger partial charge is 0.243 e. The van der Waals surface area contributed by atoms with Gasteiger partial charge in [0.15, 0.2) is 0 Å². The number of thiophene rings is 1. The van der Waals surface area contributed by atoms with Crippen molar-refractivity contribution in [1.29, 1.82) is 5.26 Å². The zero-order chi connectivity index (χ0) is 21.5. The maximum atomic E-state index is 13.1. The fourth-order valence-corrected chi connectivity index (χ4v) is 4.40. The van der Waals surface area contributed by atoms with Crippen molar-refractivity contribution in [2.75, 3.05) is 19.6 Å². The van der Waals surface area contributed by atoms with Gasteiger partial charge in [0.1, 0.15) is 11.6 Å². The largest absolute Gasteiger partial charge is 0.344 e. The average Bonchev–Trinajstić information content (AvgIpc) is 3.15. The van der Waals surface area contributed by atoms with Crippen molar-refractivity contribution in [1.82, 2.24) is 15.5 Å². The highest BCUT2D eigenvalue weighted by atomic mass is 32.1. The van der Waals surface area contributed by atoms with Crippen molar-refractivity contribution in [3.63, 3.8) is 0 Å². The van der Waals surface area contributed by atoms with Crippen LogP contribution in [0.15, 0.2) is 17.5 Å². The Morgan fingerprint density at radius 3 is 2.55 bits per heavy atom. The van der Waals surface area contributed by atoms with Gasteiger partial charge in [0.2, 0.25) is 11.8 Å². The van der Waals surface area contributed by atoms with Gasteiger partial charge in [0, 0.05) is 18.0 Å². The Hall–Kier alpha value is -1.91. The summed E-state index contributed by atoms with van der Waals surface area (Å²) < 4.78 is 0. The highest BCUT2D eigenvalue weighted by Gasteiger charge is 2.38. The summed E-state index contributed by atoms with van der Waals surface area (Å²) in [6.07, 6.45) is 3.08. The Bertz CT molecular complexity index is 710. The Morgan fingerprint density at radius 1 is 1.34 bits per heavy atom. The first-order chi connectivity index (χ1) is 13.7. The summed E-state index contributed by atoms with van der Waals surface area (Å²) in [6, 6.07) is 5.52. The molecular weight excluding hydrogens is 384 g/mol. The number of amides is 2. The van der Waals surface area contributed by atoms with E-state index in [-0.39, 0.29) is 23.7 Å². The molecule has 2 amide bonds. The molecule has 0 bridgehead atoms. The van der Waals surface area contributed by atoms with Gasteiger partial charge in [-0.2, -0.15) is 5.26 Å². The highest BCUT2D eigenvalue weighted by Crippen LogP contribution is 2.25. The molecule has 1 aliphatic heterocycles. The number of hydrogen-bond acceptors (Lipinski definition) is 5. The van der Waals surface area contributed by atoms with E-state index < -0.39 is 11.6 Å². The van der Waals surface area contributed by atoms with E-state index in [1.807, 2.05) is 38.3 Å². The molecule has 2 N–H and O–H groups in total. The normalized spacial score (nSPS) is 17.9. The molecule has 6 nitrogen and oxygen atoms in total. The van der Waals surface area contributed by atoms with Crippen molar-refractivity contribution < 1.29 is 9.59 Å². The third kappa shape index (κ3) is 7.45. The first kappa shape index (κ1) is 23.4. The number of nitrogens with one attached hydrogen (secondary N) is 2. The van der Waals surface area contributed by atoms with E-state index >= 15 is 0 Å². The van der Waals surface area contributed by atoms with Gasteiger partial charge in [0.05, 0.1) is 12.5 Å². The molecule has 0 aliphatic carbocycles. The van der Waals surface area contributed by atoms with Crippen LogP contribution in [-0.4, -0.2) is 47.9 Å². The number of likely N-dealkylation sites (tertiary alicyclic amines) is 1. The summed E-state index contributed by atoms with van der Waals surface area (Å²) in [4.78, 5) is 28.9. The van der Waals surface area contributed by atoms with Crippen LogP contribution in [0.4, 0.5) is 0 Å². The highest BCUT2D eigenvalue weighted by molar-refractivity contribution is 7.10. The molecule has 1 fully saturated rings. The second-order valence-electron chi connectivity index (χ2n) is 9.17. The van der Waals surface area contributed by atoms with Crippen molar-refractivity contribution in [2.45, 2.75) is 71.4 Å². The van der Waals surface area contributed by atoms with Crippen LogP contribution in [0.1, 0.15) is 58.3 Å². The van der Waals surface area contributed by atoms with Crippen molar-refractivity contribution in [2.24, 2.45) is 5.41 Å². The van der Waals surface area contributed by atoms with Crippen LogP contribution in [0.2, 0.25) is 0 Å². The van der Waals surface area contributed by atoms with E-state index in [2.05, 4.69) is 28.5 Å². The average molecular weight is 419 g/mol. The van der Waals surface area contributed by atoms with Gasteiger partial charge in [-0.05, 0) is 49.1 Å².